The zero-order valence-corrected chi connectivity index (χ0v) is 12.0. The number of nitrogens with one attached hydrogen (secondary N) is 1. The average Bonchev–Trinajstić information content (AvgIpc) is 2.47. The zero-order valence-electron chi connectivity index (χ0n) is 12.0. The van der Waals surface area contributed by atoms with Crippen LogP contribution in [0.5, 0.6) is 0 Å². The highest BCUT2D eigenvalue weighted by Crippen LogP contribution is 2.17. The van der Waals surface area contributed by atoms with Gasteiger partial charge in [0.1, 0.15) is 5.56 Å². The van der Waals surface area contributed by atoms with E-state index in [1.165, 1.54) is 12.1 Å². The van der Waals surface area contributed by atoms with Gasteiger partial charge in [0.05, 0.1) is 4.92 Å². The third-order valence-electron chi connectivity index (χ3n) is 3.18. The van der Waals surface area contributed by atoms with E-state index in [9.17, 15) is 14.9 Å². The van der Waals surface area contributed by atoms with Crippen molar-refractivity contribution in [1.82, 2.24) is 10.2 Å². The van der Waals surface area contributed by atoms with Gasteiger partial charge in [-0.2, -0.15) is 0 Å². The second-order valence-corrected chi connectivity index (χ2v) is 4.41. The molecule has 0 unspecified atom stereocenters. The summed E-state index contributed by atoms with van der Waals surface area (Å²) in [6, 6.07) is 5.98. The molecular formula is C14H21N3O3. The number of nitrogens with zero attached hydrogens (tertiary/aromatic N) is 2. The molecule has 6 nitrogen and oxygen atoms in total. The Bertz CT molecular complexity index is 459. The number of nitro benzene ring substituents is 1. The number of carbonyl (C=O) groups excluding carboxylic acids is 1. The topological polar surface area (TPSA) is 75.5 Å². The molecule has 0 saturated carbocycles. The molecule has 1 aromatic rings. The smallest absolute Gasteiger partial charge is 0.282 e. The van der Waals surface area contributed by atoms with Crippen LogP contribution in [0.4, 0.5) is 5.69 Å². The molecule has 1 rings (SSSR count). The lowest BCUT2D eigenvalue weighted by atomic mass is 10.1. The Kier molecular flexibility index (Phi) is 6.66. The fraction of sp³-hybridized carbons (Fsp3) is 0.500. The number of hydrogen-bond donors (Lipinski definition) is 1. The van der Waals surface area contributed by atoms with Crippen LogP contribution < -0.4 is 5.32 Å². The summed E-state index contributed by atoms with van der Waals surface area (Å²) in [7, 11) is 0. The van der Waals surface area contributed by atoms with Gasteiger partial charge in [0.2, 0.25) is 0 Å². The number of amides is 1. The fourth-order valence-electron chi connectivity index (χ4n) is 1.96. The quantitative estimate of drug-likeness (QED) is 0.449. The molecule has 0 aliphatic rings. The van der Waals surface area contributed by atoms with Gasteiger partial charge in [-0.25, -0.2) is 0 Å². The summed E-state index contributed by atoms with van der Waals surface area (Å²) in [5.74, 6) is -0.392. The Morgan fingerprint density at radius 2 is 1.95 bits per heavy atom. The lowest BCUT2D eigenvalue weighted by Gasteiger charge is -2.17. The SMILES string of the molecule is CCN(CC)CCCNC(=O)c1ccccc1[N+](=O)[O-]. The highest BCUT2D eigenvalue weighted by atomic mass is 16.6. The minimum atomic E-state index is -0.537. The van der Waals surface area contributed by atoms with Crippen LogP contribution in [0.25, 0.3) is 0 Å². The molecule has 0 aliphatic heterocycles. The minimum absolute atomic E-state index is 0.111. The van der Waals surface area contributed by atoms with E-state index in [4.69, 9.17) is 0 Å². The van der Waals surface area contributed by atoms with Crippen molar-refractivity contribution in [3.05, 3.63) is 39.9 Å². The average molecular weight is 279 g/mol. The molecule has 20 heavy (non-hydrogen) atoms. The Balaban J connectivity index is 2.50. The monoisotopic (exact) mass is 279 g/mol. The standard InChI is InChI=1S/C14H21N3O3/c1-3-16(4-2)11-7-10-15-14(18)12-8-5-6-9-13(12)17(19)20/h5-6,8-9H,3-4,7,10-11H2,1-2H3,(H,15,18). The zero-order chi connectivity index (χ0) is 15.0. The normalized spacial score (nSPS) is 10.6. The molecule has 1 aromatic carbocycles. The van der Waals surface area contributed by atoms with E-state index in [0.717, 1.165) is 26.1 Å². The summed E-state index contributed by atoms with van der Waals surface area (Å²) in [5.41, 5.74) is -0.0471. The second kappa shape index (κ2) is 8.27. The number of hydrogen-bond acceptors (Lipinski definition) is 4. The van der Waals surface area contributed by atoms with Crippen LogP contribution in [0.3, 0.4) is 0 Å². The summed E-state index contributed by atoms with van der Waals surface area (Å²) in [5, 5.41) is 13.6. The molecule has 1 amide bonds. The van der Waals surface area contributed by atoms with E-state index in [2.05, 4.69) is 24.1 Å². The minimum Gasteiger partial charge on any atom is -0.352 e. The maximum atomic E-state index is 11.9. The molecule has 0 spiro atoms. The number of nitro groups is 1. The van der Waals surface area contributed by atoms with Crippen LogP contribution in [0.15, 0.2) is 24.3 Å². The predicted octanol–water partition coefficient (Wildman–Crippen LogP) is 2.06. The van der Waals surface area contributed by atoms with Gasteiger partial charge in [-0.05, 0) is 32.1 Å². The lowest BCUT2D eigenvalue weighted by Crippen LogP contribution is -2.30. The Hall–Kier alpha value is -1.95. The highest BCUT2D eigenvalue weighted by molar-refractivity contribution is 5.98. The van der Waals surface area contributed by atoms with Crippen molar-refractivity contribution in [2.75, 3.05) is 26.2 Å². The van der Waals surface area contributed by atoms with Crippen molar-refractivity contribution in [3.63, 3.8) is 0 Å². The Morgan fingerprint density at radius 1 is 1.30 bits per heavy atom. The first-order valence-corrected chi connectivity index (χ1v) is 6.84. The Morgan fingerprint density at radius 3 is 2.55 bits per heavy atom. The molecule has 0 bridgehead atoms. The van der Waals surface area contributed by atoms with Crippen molar-refractivity contribution < 1.29 is 9.72 Å². The molecular weight excluding hydrogens is 258 g/mol. The molecule has 0 atom stereocenters. The van der Waals surface area contributed by atoms with Gasteiger partial charge in [0, 0.05) is 12.6 Å². The molecule has 6 heteroatoms. The van der Waals surface area contributed by atoms with Crippen LogP contribution in [0.1, 0.15) is 30.6 Å². The first kappa shape index (κ1) is 16.1. The second-order valence-electron chi connectivity index (χ2n) is 4.41. The molecule has 0 fully saturated rings. The lowest BCUT2D eigenvalue weighted by molar-refractivity contribution is -0.385. The van der Waals surface area contributed by atoms with Crippen LogP contribution >= 0.6 is 0 Å². The molecule has 0 radical (unpaired) electrons. The number of benzene rings is 1. The summed E-state index contributed by atoms with van der Waals surface area (Å²) in [6.45, 7) is 7.57. The molecule has 0 aromatic heterocycles. The molecule has 0 aliphatic carbocycles. The van der Waals surface area contributed by atoms with Gasteiger partial charge in [-0.1, -0.05) is 26.0 Å². The van der Waals surface area contributed by atoms with Gasteiger partial charge in [0.15, 0.2) is 0 Å². The van der Waals surface area contributed by atoms with E-state index >= 15 is 0 Å². The van der Waals surface area contributed by atoms with Gasteiger partial charge in [-0.15, -0.1) is 0 Å². The highest BCUT2D eigenvalue weighted by Gasteiger charge is 2.18. The van der Waals surface area contributed by atoms with Crippen LogP contribution in [-0.4, -0.2) is 41.9 Å². The maximum Gasteiger partial charge on any atom is 0.282 e. The summed E-state index contributed by atoms with van der Waals surface area (Å²) < 4.78 is 0. The third-order valence-corrected chi connectivity index (χ3v) is 3.18. The summed E-state index contributed by atoms with van der Waals surface area (Å²) >= 11 is 0. The molecule has 1 N–H and O–H groups in total. The Labute approximate surface area is 118 Å². The molecule has 110 valence electrons. The first-order valence-electron chi connectivity index (χ1n) is 6.84. The summed E-state index contributed by atoms with van der Waals surface area (Å²) in [6.07, 6.45) is 0.827. The van der Waals surface area contributed by atoms with Crippen LogP contribution in [-0.2, 0) is 0 Å². The van der Waals surface area contributed by atoms with Crippen molar-refractivity contribution in [1.29, 1.82) is 0 Å². The number of carbonyl (C=O) groups is 1. The third kappa shape index (κ3) is 4.62. The van der Waals surface area contributed by atoms with E-state index in [0.29, 0.717) is 6.54 Å². The fourth-order valence-corrected chi connectivity index (χ4v) is 1.96. The van der Waals surface area contributed by atoms with Gasteiger partial charge in [0.25, 0.3) is 11.6 Å². The van der Waals surface area contributed by atoms with Crippen molar-refractivity contribution in [2.24, 2.45) is 0 Å². The van der Waals surface area contributed by atoms with Crippen LogP contribution in [0.2, 0.25) is 0 Å². The van der Waals surface area contributed by atoms with Gasteiger partial charge >= 0.3 is 0 Å². The van der Waals surface area contributed by atoms with Crippen molar-refractivity contribution in [2.45, 2.75) is 20.3 Å². The first-order chi connectivity index (χ1) is 9.60. The van der Waals surface area contributed by atoms with Gasteiger partial charge < -0.3 is 10.2 Å². The van der Waals surface area contributed by atoms with E-state index < -0.39 is 10.8 Å². The van der Waals surface area contributed by atoms with E-state index in [-0.39, 0.29) is 11.3 Å². The largest absolute Gasteiger partial charge is 0.352 e. The maximum absolute atomic E-state index is 11.9. The molecule has 0 heterocycles. The number of para-hydroxylation sites is 1. The van der Waals surface area contributed by atoms with E-state index in [1.54, 1.807) is 12.1 Å². The molecule has 0 saturated heterocycles. The predicted molar refractivity (Wildman–Crippen MR) is 77.8 cm³/mol. The van der Waals surface area contributed by atoms with Crippen LogP contribution in [0, 0.1) is 10.1 Å². The summed E-state index contributed by atoms with van der Waals surface area (Å²) in [4.78, 5) is 24.5. The van der Waals surface area contributed by atoms with Crippen molar-refractivity contribution >= 4 is 11.6 Å². The van der Waals surface area contributed by atoms with Crippen molar-refractivity contribution in [3.8, 4) is 0 Å². The number of rotatable bonds is 8. The van der Waals surface area contributed by atoms with E-state index in [1.807, 2.05) is 0 Å². The van der Waals surface area contributed by atoms with Gasteiger partial charge in [-0.3, -0.25) is 14.9 Å².